The molecule has 2 aliphatic rings. The van der Waals surface area contributed by atoms with Crippen LogP contribution in [0.1, 0.15) is 12.8 Å². The molecule has 0 saturated carbocycles. The van der Waals surface area contributed by atoms with Crippen LogP contribution in [0.15, 0.2) is 12.4 Å². The standard InChI is InChI=1S/C16H24N4O3/c1-19(2)16(21)11-5-7-23-13-4-6-20(9-12(11)13)14-8-15(22-3)18-10-17-14/h8,10-13H,4-7,9H2,1-3H3/t11-,12-,13-/m1/s1. The fraction of sp³-hybridized carbons (Fsp3) is 0.688. The summed E-state index contributed by atoms with van der Waals surface area (Å²) >= 11 is 0. The SMILES string of the molecule is COc1cc(N2CC[C@H]3OCC[C@@H](C(=O)N(C)C)[C@H]3C2)ncn1. The van der Waals surface area contributed by atoms with Crippen molar-refractivity contribution in [1.29, 1.82) is 0 Å². The predicted molar refractivity (Wildman–Crippen MR) is 85.4 cm³/mol. The molecule has 0 bridgehead atoms. The molecule has 1 aromatic heterocycles. The van der Waals surface area contributed by atoms with E-state index in [9.17, 15) is 4.79 Å². The average molecular weight is 320 g/mol. The van der Waals surface area contributed by atoms with Gasteiger partial charge >= 0.3 is 0 Å². The van der Waals surface area contributed by atoms with Gasteiger partial charge in [0.15, 0.2) is 0 Å². The van der Waals surface area contributed by atoms with Crippen LogP contribution in [0.4, 0.5) is 5.82 Å². The van der Waals surface area contributed by atoms with E-state index in [4.69, 9.17) is 9.47 Å². The number of fused-ring (bicyclic) bond motifs is 1. The van der Waals surface area contributed by atoms with Crippen molar-refractivity contribution in [3.8, 4) is 5.88 Å². The average Bonchev–Trinajstić information content (AvgIpc) is 2.60. The van der Waals surface area contributed by atoms with E-state index in [0.717, 1.165) is 31.7 Å². The molecule has 0 spiro atoms. The Morgan fingerprint density at radius 2 is 2.22 bits per heavy atom. The number of anilines is 1. The summed E-state index contributed by atoms with van der Waals surface area (Å²) in [4.78, 5) is 24.8. The van der Waals surface area contributed by atoms with Gasteiger partial charge in [-0.3, -0.25) is 4.79 Å². The van der Waals surface area contributed by atoms with Crippen LogP contribution in [-0.4, -0.2) is 67.8 Å². The summed E-state index contributed by atoms with van der Waals surface area (Å²) in [5.74, 6) is 1.82. The van der Waals surface area contributed by atoms with Crippen LogP contribution in [0.5, 0.6) is 5.88 Å². The molecule has 2 aliphatic heterocycles. The van der Waals surface area contributed by atoms with Gasteiger partial charge in [0.1, 0.15) is 12.1 Å². The van der Waals surface area contributed by atoms with Gasteiger partial charge < -0.3 is 19.3 Å². The third-order valence-corrected chi connectivity index (χ3v) is 4.79. The van der Waals surface area contributed by atoms with Gasteiger partial charge in [0.25, 0.3) is 0 Å². The largest absolute Gasteiger partial charge is 0.481 e. The lowest BCUT2D eigenvalue weighted by atomic mass is 9.78. The summed E-state index contributed by atoms with van der Waals surface area (Å²) in [6.45, 7) is 2.31. The molecule has 0 N–H and O–H groups in total. The number of aromatic nitrogens is 2. The summed E-state index contributed by atoms with van der Waals surface area (Å²) < 4.78 is 11.1. The summed E-state index contributed by atoms with van der Waals surface area (Å²) in [6, 6.07) is 1.84. The first-order valence-corrected chi connectivity index (χ1v) is 8.04. The molecule has 0 aromatic carbocycles. The molecule has 0 radical (unpaired) electrons. The molecular formula is C16H24N4O3. The molecule has 2 fully saturated rings. The number of hydrogen-bond acceptors (Lipinski definition) is 6. The molecular weight excluding hydrogens is 296 g/mol. The Morgan fingerprint density at radius 1 is 1.39 bits per heavy atom. The second kappa shape index (κ2) is 6.70. The van der Waals surface area contributed by atoms with Crippen molar-refractivity contribution in [2.24, 2.45) is 11.8 Å². The summed E-state index contributed by atoms with van der Waals surface area (Å²) in [5.41, 5.74) is 0. The van der Waals surface area contributed by atoms with Crippen molar-refractivity contribution in [2.45, 2.75) is 18.9 Å². The second-order valence-electron chi connectivity index (χ2n) is 6.35. The summed E-state index contributed by atoms with van der Waals surface area (Å²) in [5, 5.41) is 0. The van der Waals surface area contributed by atoms with Crippen LogP contribution in [-0.2, 0) is 9.53 Å². The smallest absolute Gasteiger partial charge is 0.225 e. The zero-order chi connectivity index (χ0) is 16.4. The van der Waals surface area contributed by atoms with E-state index >= 15 is 0 Å². The van der Waals surface area contributed by atoms with Gasteiger partial charge in [-0.15, -0.1) is 0 Å². The van der Waals surface area contributed by atoms with Gasteiger partial charge in [0, 0.05) is 51.7 Å². The van der Waals surface area contributed by atoms with Gasteiger partial charge in [0.05, 0.1) is 13.2 Å². The molecule has 3 rings (SSSR count). The zero-order valence-corrected chi connectivity index (χ0v) is 13.9. The first-order valence-electron chi connectivity index (χ1n) is 8.04. The van der Waals surface area contributed by atoms with Crippen molar-refractivity contribution >= 4 is 11.7 Å². The Hall–Kier alpha value is -1.89. The Kier molecular flexibility index (Phi) is 4.66. The number of amides is 1. The minimum absolute atomic E-state index is 0.0234. The number of piperidine rings is 1. The molecule has 0 aliphatic carbocycles. The maximum atomic E-state index is 12.5. The molecule has 3 atom stereocenters. The summed E-state index contributed by atoms with van der Waals surface area (Å²) in [7, 11) is 5.24. The molecule has 7 nitrogen and oxygen atoms in total. The Morgan fingerprint density at radius 3 is 2.96 bits per heavy atom. The van der Waals surface area contributed by atoms with Crippen LogP contribution in [0.25, 0.3) is 0 Å². The van der Waals surface area contributed by atoms with Gasteiger partial charge in [-0.05, 0) is 12.8 Å². The van der Waals surface area contributed by atoms with E-state index in [1.165, 1.54) is 6.33 Å². The first-order chi connectivity index (χ1) is 11.1. The maximum Gasteiger partial charge on any atom is 0.225 e. The second-order valence-corrected chi connectivity index (χ2v) is 6.35. The lowest BCUT2D eigenvalue weighted by molar-refractivity contribution is -0.144. The van der Waals surface area contributed by atoms with E-state index < -0.39 is 0 Å². The van der Waals surface area contributed by atoms with Gasteiger partial charge in [-0.25, -0.2) is 9.97 Å². The van der Waals surface area contributed by atoms with Gasteiger partial charge in [0.2, 0.25) is 11.8 Å². The highest BCUT2D eigenvalue weighted by Crippen LogP contribution is 2.35. The van der Waals surface area contributed by atoms with E-state index in [0.29, 0.717) is 12.5 Å². The minimum Gasteiger partial charge on any atom is -0.481 e. The number of hydrogen-bond donors (Lipinski definition) is 0. The minimum atomic E-state index is 0.0234. The Balaban J connectivity index is 1.78. The van der Waals surface area contributed by atoms with Crippen LogP contribution in [0.3, 0.4) is 0 Å². The number of methoxy groups -OCH3 is 1. The summed E-state index contributed by atoms with van der Waals surface area (Å²) in [6.07, 6.45) is 3.38. The number of ether oxygens (including phenoxy) is 2. The van der Waals surface area contributed by atoms with Crippen LogP contribution >= 0.6 is 0 Å². The fourth-order valence-corrected chi connectivity index (χ4v) is 3.58. The highest BCUT2D eigenvalue weighted by atomic mass is 16.5. The third kappa shape index (κ3) is 3.24. The third-order valence-electron chi connectivity index (χ3n) is 4.79. The van der Waals surface area contributed by atoms with Crippen LogP contribution in [0.2, 0.25) is 0 Å². The van der Waals surface area contributed by atoms with Crippen molar-refractivity contribution in [3.63, 3.8) is 0 Å². The predicted octanol–water partition coefficient (Wildman–Crippen LogP) is 0.805. The molecule has 7 heteroatoms. The van der Waals surface area contributed by atoms with E-state index in [2.05, 4.69) is 14.9 Å². The monoisotopic (exact) mass is 320 g/mol. The van der Waals surface area contributed by atoms with E-state index in [-0.39, 0.29) is 23.8 Å². The van der Waals surface area contributed by atoms with Crippen molar-refractivity contribution in [1.82, 2.24) is 14.9 Å². The zero-order valence-electron chi connectivity index (χ0n) is 13.9. The maximum absolute atomic E-state index is 12.5. The molecule has 3 heterocycles. The number of rotatable bonds is 3. The lowest BCUT2D eigenvalue weighted by Gasteiger charge is -2.45. The van der Waals surface area contributed by atoms with Crippen LogP contribution in [0, 0.1) is 11.8 Å². The molecule has 1 amide bonds. The molecule has 2 saturated heterocycles. The fourth-order valence-electron chi connectivity index (χ4n) is 3.58. The number of nitrogens with zero attached hydrogens (tertiary/aromatic N) is 4. The molecule has 23 heavy (non-hydrogen) atoms. The van der Waals surface area contributed by atoms with Crippen molar-refractivity contribution < 1.29 is 14.3 Å². The van der Waals surface area contributed by atoms with E-state index in [1.54, 1.807) is 12.0 Å². The highest BCUT2D eigenvalue weighted by molar-refractivity contribution is 5.79. The lowest BCUT2D eigenvalue weighted by Crippen LogP contribution is -2.53. The van der Waals surface area contributed by atoms with Gasteiger partial charge in [-0.1, -0.05) is 0 Å². The van der Waals surface area contributed by atoms with Crippen molar-refractivity contribution in [3.05, 3.63) is 12.4 Å². The molecule has 0 unspecified atom stereocenters. The Bertz CT molecular complexity index is 566. The van der Waals surface area contributed by atoms with Gasteiger partial charge in [-0.2, -0.15) is 0 Å². The topological polar surface area (TPSA) is 67.8 Å². The highest BCUT2D eigenvalue weighted by Gasteiger charge is 2.42. The number of carbonyl (C=O) groups is 1. The first kappa shape index (κ1) is 16.0. The number of carbonyl (C=O) groups excluding carboxylic acids is 1. The quantitative estimate of drug-likeness (QED) is 0.821. The molecule has 126 valence electrons. The normalized spacial score (nSPS) is 27.3. The Labute approximate surface area is 136 Å². The molecule has 1 aromatic rings. The van der Waals surface area contributed by atoms with E-state index in [1.807, 2.05) is 20.2 Å². The van der Waals surface area contributed by atoms with Crippen LogP contribution < -0.4 is 9.64 Å². The van der Waals surface area contributed by atoms with Crippen molar-refractivity contribution in [2.75, 3.05) is 45.8 Å².